The summed E-state index contributed by atoms with van der Waals surface area (Å²) < 4.78 is 9.13. The van der Waals surface area contributed by atoms with E-state index < -0.39 is 6.29 Å². The van der Waals surface area contributed by atoms with Gasteiger partial charge < -0.3 is 9.47 Å². The van der Waals surface area contributed by atoms with Crippen LogP contribution in [0.4, 0.5) is 0 Å². The molecule has 0 radical (unpaired) electrons. The van der Waals surface area contributed by atoms with Crippen LogP contribution in [0.3, 0.4) is 0 Å². The second kappa shape index (κ2) is 6.28. The molecule has 0 aliphatic rings. The Hall–Kier alpha value is -2.20. The zero-order valence-corrected chi connectivity index (χ0v) is 8.09. The molecule has 1 rings (SSSR count). The molecule has 0 saturated heterocycles. The minimum atomic E-state index is -0.778. The zero-order valence-electron chi connectivity index (χ0n) is 8.09. The quantitative estimate of drug-likeness (QED) is 0.540. The fourth-order valence-corrected chi connectivity index (χ4v) is 1.19. The molecular weight excluding hydrogens is 192 g/mol. The van der Waals surface area contributed by atoms with Crippen LogP contribution in [-0.4, -0.2) is 6.29 Å². The summed E-state index contributed by atoms with van der Waals surface area (Å²) in [5.41, 5.74) is 1.12. The van der Waals surface area contributed by atoms with Crippen molar-refractivity contribution < 1.29 is 9.47 Å². The Kier molecular flexibility index (Phi) is 4.56. The van der Waals surface area contributed by atoms with E-state index >= 15 is 0 Å². The van der Waals surface area contributed by atoms with Gasteiger partial charge in [-0.05, 0) is 12.0 Å². The van der Waals surface area contributed by atoms with Crippen LogP contribution in [0.2, 0.25) is 0 Å². The number of aryl methyl sites for hydroxylation is 1. The second-order valence-corrected chi connectivity index (χ2v) is 2.87. The van der Waals surface area contributed by atoms with Crippen molar-refractivity contribution in [3.63, 3.8) is 0 Å². The normalized spacial score (nSPS) is 9.00. The highest BCUT2D eigenvalue weighted by Crippen LogP contribution is 2.07. The zero-order chi connectivity index (χ0) is 10.9. The average molecular weight is 202 g/mol. The number of hydrogen-bond acceptors (Lipinski definition) is 4. The van der Waals surface area contributed by atoms with Crippen molar-refractivity contribution in [2.45, 2.75) is 19.1 Å². The minimum absolute atomic E-state index is 0.477. The first-order valence-corrected chi connectivity index (χ1v) is 4.50. The third-order valence-corrected chi connectivity index (χ3v) is 1.88. The van der Waals surface area contributed by atoms with Gasteiger partial charge in [-0.25, -0.2) is 0 Å². The number of nitriles is 2. The van der Waals surface area contributed by atoms with E-state index in [0.29, 0.717) is 12.8 Å². The van der Waals surface area contributed by atoms with Gasteiger partial charge in [0, 0.05) is 6.42 Å². The smallest absolute Gasteiger partial charge is 0.289 e. The van der Waals surface area contributed by atoms with Gasteiger partial charge in [-0.3, -0.25) is 0 Å². The largest absolute Gasteiger partial charge is 0.384 e. The van der Waals surface area contributed by atoms with Crippen molar-refractivity contribution >= 4 is 0 Å². The standard InChI is InChI=1S/C11H10N2O2/c12-8-14-11(15-9-13)7-6-10-4-2-1-3-5-10/h1-5,11H,6-7H2. The summed E-state index contributed by atoms with van der Waals surface area (Å²) >= 11 is 0. The lowest BCUT2D eigenvalue weighted by molar-refractivity contribution is -0.0484. The highest BCUT2D eigenvalue weighted by molar-refractivity contribution is 5.14. The highest BCUT2D eigenvalue weighted by atomic mass is 16.7. The molecule has 0 amide bonds. The first-order chi connectivity index (χ1) is 7.36. The topological polar surface area (TPSA) is 66.0 Å². The van der Waals surface area contributed by atoms with Gasteiger partial charge in [0.05, 0.1) is 0 Å². The van der Waals surface area contributed by atoms with Crippen molar-refractivity contribution in [1.82, 2.24) is 0 Å². The number of benzene rings is 1. The van der Waals surface area contributed by atoms with Gasteiger partial charge in [-0.1, -0.05) is 30.3 Å². The lowest BCUT2D eigenvalue weighted by atomic mass is 10.1. The van der Waals surface area contributed by atoms with E-state index in [2.05, 4.69) is 9.47 Å². The van der Waals surface area contributed by atoms with Crippen molar-refractivity contribution in [3.8, 4) is 12.5 Å². The van der Waals surface area contributed by atoms with Gasteiger partial charge in [0.15, 0.2) is 0 Å². The summed E-state index contributed by atoms with van der Waals surface area (Å²) in [5.74, 6) is 0. The van der Waals surface area contributed by atoms with Crippen LogP contribution in [0.1, 0.15) is 12.0 Å². The molecule has 15 heavy (non-hydrogen) atoms. The molecule has 0 aliphatic carbocycles. The lowest BCUT2D eigenvalue weighted by Gasteiger charge is -2.09. The maximum absolute atomic E-state index is 8.30. The number of rotatable bonds is 5. The monoisotopic (exact) mass is 202 g/mol. The van der Waals surface area contributed by atoms with E-state index in [1.54, 1.807) is 0 Å². The summed E-state index contributed by atoms with van der Waals surface area (Å²) in [5, 5.41) is 16.6. The van der Waals surface area contributed by atoms with E-state index in [-0.39, 0.29) is 0 Å². The molecule has 0 atom stereocenters. The average Bonchev–Trinajstić information content (AvgIpc) is 2.28. The van der Waals surface area contributed by atoms with Crippen molar-refractivity contribution in [1.29, 1.82) is 10.5 Å². The first-order valence-electron chi connectivity index (χ1n) is 4.50. The van der Waals surface area contributed by atoms with Gasteiger partial charge in [0.2, 0.25) is 0 Å². The molecule has 0 heterocycles. The summed E-state index contributed by atoms with van der Waals surface area (Å²) in [4.78, 5) is 0. The maximum Gasteiger partial charge on any atom is 0.289 e. The molecule has 0 spiro atoms. The van der Waals surface area contributed by atoms with E-state index in [9.17, 15) is 0 Å². The first kappa shape index (κ1) is 10.9. The van der Waals surface area contributed by atoms with Crippen LogP contribution in [-0.2, 0) is 15.9 Å². The van der Waals surface area contributed by atoms with E-state index in [4.69, 9.17) is 10.5 Å². The molecule has 0 bridgehead atoms. The Morgan fingerprint density at radius 3 is 2.20 bits per heavy atom. The third-order valence-electron chi connectivity index (χ3n) is 1.88. The van der Waals surface area contributed by atoms with E-state index in [1.165, 1.54) is 12.5 Å². The number of hydrogen-bond donors (Lipinski definition) is 0. The summed E-state index contributed by atoms with van der Waals surface area (Å²) in [6.45, 7) is 0. The Morgan fingerprint density at radius 1 is 1.07 bits per heavy atom. The summed E-state index contributed by atoms with van der Waals surface area (Å²) in [7, 11) is 0. The molecule has 4 heteroatoms. The summed E-state index contributed by atoms with van der Waals surface area (Å²) in [6.07, 6.45) is 3.43. The van der Waals surface area contributed by atoms with Gasteiger partial charge in [0.1, 0.15) is 0 Å². The lowest BCUT2D eigenvalue weighted by Crippen LogP contribution is -2.13. The second-order valence-electron chi connectivity index (χ2n) is 2.87. The van der Waals surface area contributed by atoms with Gasteiger partial charge in [0.25, 0.3) is 18.8 Å². The predicted molar refractivity (Wildman–Crippen MR) is 51.9 cm³/mol. The van der Waals surface area contributed by atoms with Crippen LogP contribution in [0.25, 0.3) is 0 Å². The predicted octanol–water partition coefficient (Wildman–Crippen LogP) is 1.94. The molecule has 76 valence electrons. The molecule has 0 unspecified atom stereocenters. The SMILES string of the molecule is N#COC(CCc1ccccc1)OC#N. The molecule has 1 aromatic rings. The fraction of sp³-hybridized carbons (Fsp3) is 0.273. The fourth-order valence-electron chi connectivity index (χ4n) is 1.19. The van der Waals surface area contributed by atoms with E-state index in [1.807, 2.05) is 30.3 Å². The molecule has 0 aliphatic heterocycles. The van der Waals surface area contributed by atoms with Gasteiger partial charge >= 0.3 is 0 Å². The molecule has 0 aromatic heterocycles. The Morgan fingerprint density at radius 2 is 1.67 bits per heavy atom. The molecular formula is C11H10N2O2. The Bertz CT molecular complexity index is 348. The molecule has 0 saturated carbocycles. The minimum Gasteiger partial charge on any atom is -0.384 e. The van der Waals surface area contributed by atoms with Gasteiger partial charge in [-0.2, -0.15) is 10.5 Å². The number of ether oxygens (including phenoxy) is 2. The number of nitrogens with zero attached hydrogens (tertiary/aromatic N) is 2. The van der Waals surface area contributed by atoms with Gasteiger partial charge in [-0.15, -0.1) is 0 Å². The molecule has 0 fully saturated rings. The van der Waals surface area contributed by atoms with Crippen molar-refractivity contribution in [3.05, 3.63) is 35.9 Å². The van der Waals surface area contributed by atoms with Crippen LogP contribution in [0.5, 0.6) is 0 Å². The van der Waals surface area contributed by atoms with Crippen LogP contribution >= 0.6 is 0 Å². The van der Waals surface area contributed by atoms with Crippen molar-refractivity contribution in [2.75, 3.05) is 0 Å². The van der Waals surface area contributed by atoms with Crippen molar-refractivity contribution in [2.24, 2.45) is 0 Å². The molecule has 1 aromatic carbocycles. The van der Waals surface area contributed by atoms with Crippen LogP contribution in [0, 0.1) is 23.0 Å². The molecule has 4 nitrogen and oxygen atoms in total. The molecule has 0 N–H and O–H groups in total. The van der Waals surface area contributed by atoms with E-state index in [0.717, 1.165) is 5.56 Å². The third kappa shape index (κ3) is 4.02. The summed E-state index contributed by atoms with van der Waals surface area (Å²) in [6, 6.07) is 9.73. The van der Waals surface area contributed by atoms with Crippen LogP contribution in [0.15, 0.2) is 30.3 Å². The van der Waals surface area contributed by atoms with Crippen LogP contribution < -0.4 is 0 Å². The Balaban J connectivity index is 2.41. The Labute approximate surface area is 88.3 Å². The maximum atomic E-state index is 8.30. The highest BCUT2D eigenvalue weighted by Gasteiger charge is 2.09.